The predicted molar refractivity (Wildman–Crippen MR) is 103 cm³/mol. The van der Waals surface area contributed by atoms with Gasteiger partial charge in [0.15, 0.2) is 5.43 Å². The molecule has 2 aromatic carbocycles. The SMILES string of the molecule is Cc1c(COc2cccc(N3CCOCC3=O)c2)[nH]c2ccccc2c1=O. The second-order valence-corrected chi connectivity index (χ2v) is 6.49. The number of carbonyl (C=O) groups excluding carboxylic acids is 1. The zero-order valence-electron chi connectivity index (χ0n) is 15.0. The maximum absolute atomic E-state index is 12.5. The molecule has 1 fully saturated rings. The predicted octanol–water partition coefficient (Wildman–Crippen LogP) is 2.78. The van der Waals surface area contributed by atoms with E-state index in [2.05, 4.69) is 4.98 Å². The highest BCUT2D eigenvalue weighted by Gasteiger charge is 2.20. The van der Waals surface area contributed by atoms with Crippen LogP contribution < -0.4 is 15.1 Å². The van der Waals surface area contributed by atoms with E-state index in [0.29, 0.717) is 29.9 Å². The van der Waals surface area contributed by atoms with E-state index >= 15 is 0 Å². The van der Waals surface area contributed by atoms with E-state index in [4.69, 9.17) is 9.47 Å². The fourth-order valence-electron chi connectivity index (χ4n) is 3.22. The summed E-state index contributed by atoms with van der Waals surface area (Å²) in [7, 11) is 0. The molecule has 0 atom stereocenters. The number of H-pyrrole nitrogens is 1. The Hall–Kier alpha value is -3.12. The van der Waals surface area contributed by atoms with Crippen LogP contribution in [-0.4, -0.2) is 30.6 Å². The number of para-hydroxylation sites is 1. The summed E-state index contributed by atoms with van der Waals surface area (Å²) in [5.41, 5.74) is 2.97. The van der Waals surface area contributed by atoms with E-state index in [0.717, 1.165) is 16.9 Å². The maximum Gasteiger partial charge on any atom is 0.253 e. The number of anilines is 1. The number of hydrogen-bond donors (Lipinski definition) is 1. The summed E-state index contributed by atoms with van der Waals surface area (Å²) in [6.07, 6.45) is 0. The molecule has 0 saturated carbocycles. The molecule has 6 nitrogen and oxygen atoms in total. The minimum Gasteiger partial charge on any atom is -0.487 e. The van der Waals surface area contributed by atoms with Gasteiger partial charge in [0.2, 0.25) is 0 Å². The molecule has 4 rings (SSSR count). The average Bonchev–Trinajstić information content (AvgIpc) is 2.70. The van der Waals surface area contributed by atoms with Crippen LogP contribution in [0.4, 0.5) is 5.69 Å². The summed E-state index contributed by atoms with van der Waals surface area (Å²) >= 11 is 0. The van der Waals surface area contributed by atoms with Crippen molar-refractivity contribution in [1.29, 1.82) is 0 Å². The molecule has 1 aliphatic heterocycles. The Morgan fingerprint density at radius 1 is 1.15 bits per heavy atom. The molecule has 0 bridgehead atoms. The number of fused-ring (bicyclic) bond motifs is 1. The van der Waals surface area contributed by atoms with E-state index in [1.807, 2.05) is 48.5 Å². The van der Waals surface area contributed by atoms with E-state index in [9.17, 15) is 9.59 Å². The fraction of sp³-hybridized carbons (Fsp3) is 0.238. The number of carbonyl (C=O) groups is 1. The van der Waals surface area contributed by atoms with Crippen molar-refractivity contribution in [1.82, 2.24) is 4.98 Å². The average molecular weight is 364 g/mol. The Morgan fingerprint density at radius 2 is 2.00 bits per heavy atom. The van der Waals surface area contributed by atoms with E-state index in [1.165, 1.54) is 0 Å². The number of hydrogen-bond acceptors (Lipinski definition) is 4. The lowest BCUT2D eigenvalue weighted by atomic mass is 10.1. The molecular formula is C21H20N2O4. The van der Waals surface area contributed by atoms with Crippen LogP contribution in [0.2, 0.25) is 0 Å². The molecule has 1 saturated heterocycles. The summed E-state index contributed by atoms with van der Waals surface area (Å²) in [4.78, 5) is 29.5. The monoisotopic (exact) mass is 364 g/mol. The largest absolute Gasteiger partial charge is 0.487 e. The highest BCUT2D eigenvalue weighted by molar-refractivity contribution is 5.95. The van der Waals surface area contributed by atoms with Crippen molar-refractivity contribution in [2.24, 2.45) is 0 Å². The number of aromatic amines is 1. The van der Waals surface area contributed by atoms with Gasteiger partial charge in [0.05, 0.1) is 12.3 Å². The first-order chi connectivity index (χ1) is 13.1. The molecule has 1 amide bonds. The van der Waals surface area contributed by atoms with Gasteiger partial charge >= 0.3 is 0 Å². The highest BCUT2D eigenvalue weighted by atomic mass is 16.5. The molecule has 2 heterocycles. The fourth-order valence-corrected chi connectivity index (χ4v) is 3.22. The van der Waals surface area contributed by atoms with Gasteiger partial charge in [-0.3, -0.25) is 9.59 Å². The molecule has 138 valence electrons. The van der Waals surface area contributed by atoms with Gasteiger partial charge in [0, 0.05) is 34.8 Å². The molecule has 27 heavy (non-hydrogen) atoms. The standard InChI is InChI=1S/C21H20N2O4/c1-14-19(22-18-8-3-2-7-17(18)21(14)25)12-27-16-6-4-5-15(11-16)23-9-10-26-13-20(23)24/h2-8,11H,9-10,12-13H2,1H3,(H,22,25). The normalized spacial score (nSPS) is 14.6. The highest BCUT2D eigenvalue weighted by Crippen LogP contribution is 2.23. The zero-order valence-corrected chi connectivity index (χ0v) is 15.0. The number of nitrogens with zero attached hydrogens (tertiary/aromatic N) is 1. The minimum absolute atomic E-state index is 0.00983. The van der Waals surface area contributed by atoms with Crippen LogP contribution in [0.3, 0.4) is 0 Å². The van der Waals surface area contributed by atoms with E-state index in [-0.39, 0.29) is 24.5 Å². The second-order valence-electron chi connectivity index (χ2n) is 6.49. The van der Waals surface area contributed by atoms with Crippen molar-refractivity contribution in [3.63, 3.8) is 0 Å². The molecule has 1 aliphatic rings. The van der Waals surface area contributed by atoms with Crippen LogP contribution in [0, 0.1) is 6.92 Å². The summed E-state index contributed by atoms with van der Waals surface area (Å²) in [5.74, 6) is 0.577. The first-order valence-corrected chi connectivity index (χ1v) is 8.85. The van der Waals surface area contributed by atoms with Gasteiger partial charge in [-0.1, -0.05) is 18.2 Å². The Kier molecular flexibility index (Phi) is 4.64. The van der Waals surface area contributed by atoms with Gasteiger partial charge in [-0.15, -0.1) is 0 Å². The molecule has 3 aromatic rings. The first-order valence-electron chi connectivity index (χ1n) is 8.85. The summed E-state index contributed by atoms with van der Waals surface area (Å²) in [6, 6.07) is 14.8. The number of rotatable bonds is 4. The van der Waals surface area contributed by atoms with Gasteiger partial charge in [0.25, 0.3) is 5.91 Å². The third-order valence-electron chi connectivity index (χ3n) is 4.75. The number of ether oxygens (including phenoxy) is 2. The second kappa shape index (κ2) is 7.25. The van der Waals surface area contributed by atoms with Gasteiger partial charge in [-0.05, 0) is 31.2 Å². The number of morpholine rings is 1. The lowest BCUT2D eigenvalue weighted by Gasteiger charge is -2.27. The summed E-state index contributed by atoms with van der Waals surface area (Å²) < 4.78 is 11.1. The van der Waals surface area contributed by atoms with Crippen LogP contribution in [-0.2, 0) is 16.1 Å². The van der Waals surface area contributed by atoms with Gasteiger partial charge < -0.3 is 19.4 Å². The van der Waals surface area contributed by atoms with Crippen molar-refractivity contribution in [3.8, 4) is 5.75 Å². The smallest absolute Gasteiger partial charge is 0.253 e. The molecule has 1 aromatic heterocycles. The number of benzene rings is 2. The van der Waals surface area contributed by atoms with Crippen molar-refractivity contribution >= 4 is 22.5 Å². The Morgan fingerprint density at radius 3 is 2.85 bits per heavy atom. The summed E-state index contributed by atoms with van der Waals surface area (Å²) in [6.45, 7) is 3.19. The van der Waals surface area contributed by atoms with Crippen molar-refractivity contribution < 1.29 is 14.3 Å². The van der Waals surface area contributed by atoms with Crippen molar-refractivity contribution in [2.75, 3.05) is 24.7 Å². The van der Waals surface area contributed by atoms with Crippen molar-refractivity contribution in [3.05, 3.63) is 70.0 Å². The quantitative estimate of drug-likeness (QED) is 0.773. The minimum atomic E-state index is -0.0619. The topological polar surface area (TPSA) is 71.6 Å². The van der Waals surface area contributed by atoms with E-state index in [1.54, 1.807) is 11.8 Å². The molecule has 6 heteroatoms. The number of aromatic nitrogens is 1. The molecule has 0 radical (unpaired) electrons. The Bertz CT molecular complexity index is 1060. The van der Waals surface area contributed by atoms with E-state index < -0.39 is 0 Å². The van der Waals surface area contributed by atoms with Crippen molar-refractivity contribution in [2.45, 2.75) is 13.5 Å². The molecular weight excluding hydrogens is 344 g/mol. The Balaban J connectivity index is 1.56. The van der Waals surface area contributed by atoms with Crippen LogP contribution in [0.15, 0.2) is 53.3 Å². The number of amides is 1. The van der Waals surface area contributed by atoms with Gasteiger partial charge in [-0.2, -0.15) is 0 Å². The Labute approximate surface area is 156 Å². The molecule has 0 spiro atoms. The van der Waals surface area contributed by atoms with Crippen LogP contribution in [0.25, 0.3) is 10.9 Å². The van der Waals surface area contributed by atoms with Crippen LogP contribution >= 0.6 is 0 Å². The molecule has 1 N–H and O–H groups in total. The van der Waals surface area contributed by atoms with Crippen LogP contribution in [0.5, 0.6) is 5.75 Å². The maximum atomic E-state index is 12.5. The van der Waals surface area contributed by atoms with Gasteiger partial charge in [-0.25, -0.2) is 0 Å². The zero-order chi connectivity index (χ0) is 18.8. The number of nitrogens with one attached hydrogen (secondary N) is 1. The number of pyridine rings is 1. The molecule has 0 unspecified atom stereocenters. The molecule has 0 aliphatic carbocycles. The first kappa shape index (κ1) is 17.3. The van der Waals surface area contributed by atoms with Gasteiger partial charge in [0.1, 0.15) is 19.0 Å². The lowest BCUT2D eigenvalue weighted by molar-refractivity contribution is -0.125. The lowest BCUT2D eigenvalue weighted by Crippen LogP contribution is -2.41. The third-order valence-corrected chi connectivity index (χ3v) is 4.75. The summed E-state index contributed by atoms with van der Waals surface area (Å²) in [5, 5.41) is 0.673. The third kappa shape index (κ3) is 3.44. The van der Waals surface area contributed by atoms with Crippen LogP contribution in [0.1, 0.15) is 11.3 Å².